The highest BCUT2D eigenvalue weighted by Crippen LogP contribution is 2.31. The number of amides is 1. The Labute approximate surface area is 209 Å². The van der Waals surface area contributed by atoms with Gasteiger partial charge in [0.1, 0.15) is 5.75 Å². The van der Waals surface area contributed by atoms with Crippen LogP contribution in [0.25, 0.3) is 10.2 Å². The smallest absolute Gasteiger partial charge is 0.233 e. The molecule has 1 aromatic heterocycles. The van der Waals surface area contributed by atoms with Gasteiger partial charge >= 0.3 is 0 Å². The molecule has 0 unspecified atom stereocenters. The standard InChI is InChI=1S/C23H27N3O5S2.ClH/c1-30-18-5-3-17(4-6-18)15-22(27)26(10-9-25-11-13-31-14-12-25)23-24-20-8-7-19(33(2,28)29)16-21(20)32-23;/h3-8,16H,9-15H2,1-2H3;1H. The van der Waals surface area contributed by atoms with E-state index in [-0.39, 0.29) is 29.6 Å². The van der Waals surface area contributed by atoms with Crippen molar-refractivity contribution in [2.45, 2.75) is 11.3 Å². The van der Waals surface area contributed by atoms with Crippen LogP contribution in [0.4, 0.5) is 5.13 Å². The Morgan fingerprint density at radius 3 is 2.53 bits per heavy atom. The first-order chi connectivity index (χ1) is 15.8. The second-order valence-electron chi connectivity index (χ2n) is 7.92. The van der Waals surface area contributed by atoms with Crippen LogP contribution in [0.2, 0.25) is 0 Å². The summed E-state index contributed by atoms with van der Waals surface area (Å²) in [5.41, 5.74) is 1.56. The lowest BCUT2D eigenvalue weighted by atomic mass is 10.1. The van der Waals surface area contributed by atoms with Gasteiger partial charge in [-0.25, -0.2) is 13.4 Å². The second-order valence-corrected chi connectivity index (χ2v) is 10.9. The highest BCUT2D eigenvalue weighted by Gasteiger charge is 2.22. The molecule has 184 valence electrons. The number of morpholine rings is 1. The summed E-state index contributed by atoms with van der Waals surface area (Å²) in [6.45, 7) is 4.25. The first-order valence-corrected chi connectivity index (χ1v) is 13.4. The molecule has 0 spiro atoms. The molecule has 0 radical (unpaired) electrons. The summed E-state index contributed by atoms with van der Waals surface area (Å²) in [4.78, 5) is 22.2. The summed E-state index contributed by atoms with van der Waals surface area (Å²) < 4.78 is 35.3. The Bertz CT molecular complexity index is 1230. The highest BCUT2D eigenvalue weighted by atomic mass is 35.5. The third-order valence-electron chi connectivity index (χ3n) is 5.57. The van der Waals surface area contributed by atoms with E-state index in [1.807, 2.05) is 24.3 Å². The van der Waals surface area contributed by atoms with Crippen molar-refractivity contribution in [3.8, 4) is 5.75 Å². The zero-order valence-corrected chi connectivity index (χ0v) is 21.5. The summed E-state index contributed by atoms with van der Waals surface area (Å²) >= 11 is 1.33. The van der Waals surface area contributed by atoms with Gasteiger partial charge in [-0.05, 0) is 35.9 Å². The summed E-state index contributed by atoms with van der Waals surface area (Å²) in [5, 5.41) is 0.572. The molecule has 2 heterocycles. The van der Waals surface area contributed by atoms with Crippen LogP contribution in [0.5, 0.6) is 5.75 Å². The van der Waals surface area contributed by atoms with Gasteiger partial charge in [0.05, 0.1) is 41.9 Å². The van der Waals surface area contributed by atoms with E-state index in [0.717, 1.165) is 29.1 Å². The molecule has 1 aliphatic heterocycles. The molecular weight excluding hydrogens is 498 g/mol. The van der Waals surface area contributed by atoms with Crippen LogP contribution in [-0.2, 0) is 25.8 Å². The minimum absolute atomic E-state index is 0. The molecule has 0 aliphatic carbocycles. The predicted octanol–water partition coefficient (Wildman–Crippen LogP) is 3.04. The van der Waals surface area contributed by atoms with Gasteiger partial charge in [-0.3, -0.25) is 14.6 Å². The molecule has 1 amide bonds. The first kappa shape index (κ1) is 26.4. The number of nitrogens with zero attached hydrogens (tertiary/aromatic N) is 3. The molecule has 1 fully saturated rings. The van der Waals surface area contributed by atoms with Crippen molar-refractivity contribution >= 4 is 54.8 Å². The van der Waals surface area contributed by atoms with Gasteiger partial charge in [0.15, 0.2) is 15.0 Å². The number of sulfone groups is 1. The SMILES string of the molecule is COc1ccc(CC(=O)N(CCN2CCOCC2)c2nc3ccc(S(C)(=O)=O)cc3s2)cc1.Cl. The predicted molar refractivity (Wildman–Crippen MR) is 136 cm³/mol. The molecular formula is C23H28ClN3O5S2. The van der Waals surface area contributed by atoms with E-state index in [1.165, 1.54) is 17.6 Å². The molecule has 8 nitrogen and oxygen atoms in total. The van der Waals surface area contributed by atoms with Gasteiger partial charge < -0.3 is 9.47 Å². The average Bonchev–Trinajstić information content (AvgIpc) is 3.23. The van der Waals surface area contributed by atoms with E-state index in [0.29, 0.717) is 37.0 Å². The van der Waals surface area contributed by atoms with E-state index in [1.54, 1.807) is 30.2 Å². The summed E-state index contributed by atoms with van der Waals surface area (Å²) in [5.74, 6) is 0.680. The van der Waals surface area contributed by atoms with E-state index in [9.17, 15) is 13.2 Å². The maximum absolute atomic E-state index is 13.4. The molecule has 4 rings (SSSR count). The van der Waals surface area contributed by atoms with Crippen LogP contribution < -0.4 is 9.64 Å². The average molecular weight is 526 g/mol. The topological polar surface area (TPSA) is 89.0 Å². The Morgan fingerprint density at radius 2 is 1.88 bits per heavy atom. The van der Waals surface area contributed by atoms with Crippen LogP contribution in [0.3, 0.4) is 0 Å². The number of methoxy groups -OCH3 is 1. The number of hydrogen-bond acceptors (Lipinski definition) is 8. The lowest BCUT2D eigenvalue weighted by Crippen LogP contribution is -2.43. The fourth-order valence-electron chi connectivity index (χ4n) is 3.65. The van der Waals surface area contributed by atoms with Crippen molar-refractivity contribution < 1.29 is 22.7 Å². The number of carbonyl (C=O) groups excluding carboxylic acids is 1. The zero-order valence-electron chi connectivity index (χ0n) is 19.1. The number of rotatable bonds is 8. The second kappa shape index (κ2) is 11.5. The Balaban J connectivity index is 0.00000324. The van der Waals surface area contributed by atoms with Crippen LogP contribution in [0.15, 0.2) is 47.4 Å². The van der Waals surface area contributed by atoms with E-state index in [4.69, 9.17) is 9.47 Å². The van der Waals surface area contributed by atoms with Gasteiger partial charge in [0.2, 0.25) is 5.91 Å². The van der Waals surface area contributed by atoms with Gasteiger partial charge in [-0.1, -0.05) is 23.5 Å². The number of aromatic nitrogens is 1. The largest absolute Gasteiger partial charge is 0.497 e. The molecule has 0 bridgehead atoms. The molecule has 1 saturated heterocycles. The molecule has 11 heteroatoms. The van der Waals surface area contributed by atoms with E-state index < -0.39 is 9.84 Å². The lowest BCUT2D eigenvalue weighted by molar-refractivity contribution is -0.118. The number of anilines is 1. The lowest BCUT2D eigenvalue weighted by Gasteiger charge is -2.29. The fraction of sp³-hybridized carbons (Fsp3) is 0.391. The Kier molecular flexibility index (Phi) is 8.89. The monoisotopic (exact) mass is 525 g/mol. The summed E-state index contributed by atoms with van der Waals surface area (Å²) in [7, 11) is -1.72. The summed E-state index contributed by atoms with van der Waals surface area (Å²) in [6, 6.07) is 12.3. The first-order valence-electron chi connectivity index (χ1n) is 10.7. The number of benzene rings is 2. The number of ether oxygens (including phenoxy) is 2. The van der Waals surface area contributed by atoms with Gasteiger partial charge in [0.25, 0.3) is 0 Å². The maximum atomic E-state index is 13.4. The zero-order chi connectivity index (χ0) is 23.4. The van der Waals surface area contributed by atoms with Crippen molar-refractivity contribution in [1.82, 2.24) is 9.88 Å². The Morgan fingerprint density at radius 1 is 1.18 bits per heavy atom. The normalized spacial score (nSPS) is 14.5. The maximum Gasteiger partial charge on any atom is 0.233 e. The van der Waals surface area contributed by atoms with Crippen LogP contribution >= 0.6 is 23.7 Å². The molecule has 3 aromatic rings. The van der Waals surface area contributed by atoms with Crippen molar-refractivity contribution in [2.24, 2.45) is 0 Å². The van der Waals surface area contributed by atoms with E-state index in [2.05, 4.69) is 9.88 Å². The van der Waals surface area contributed by atoms with Gasteiger partial charge in [-0.15, -0.1) is 12.4 Å². The van der Waals surface area contributed by atoms with Crippen molar-refractivity contribution in [2.75, 3.05) is 57.7 Å². The Hall–Kier alpha value is -2.24. The molecule has 34 heavy (non-hydrogen) atoms. The number of carbonyl (C=O) groups is 1. The highest BCUT2D eigenvalue weighted by molar-refractivity contribution is 7.90. The van der Waals surface area contributed by atoms with Crippen LogP contribution in [-0.4, -0.2) is 77.0 Å². The molecule has 0 saturated carbocycles. The third kappa shape index (κ3) is 6.45. The number of fused-ring (bicyclic) bond motifs is 1. The van der Waals surface area contributed by atoms with Gasteiger partial charge in [0, 0.05) is 32.4 Å². The summed E-state index contributed by atoms with van der Waals surface area (Å²) in [6.07, 6.45) is 1.42. The van der Waals surface area contributed by atoms with Crippen molar-refractivity contribution in [1.29, 1.82) is 0 Å². The molecule has 0 N–H and O–H groups in total. The van der Waals surface area contributed by atoms with Crippen LogP contribution in [0, 0.1) is 0 Å². The minimum Gasteiger partial charge on any atom is -0.497 e. The van der Waals surface area contributed by atoms with Crippen molar-refractivity contribution in [3.05, 3.63) is 48.0 Å². The third-order valence-corrected chi connectivity index (χ3v) is 7.72. The minimum atomic E-state index is -3.32. The van der Waals surface area contributed by atoms with E-state index >= 15 is 0 Å². The van der Waals surface area contributed by atoms with Crippen molar-refractivity contribution in [3.63, 3.8) is 0 Å². The molecule has 2 aromatic carbocycles. The molecule has 0 atom stereocenters. The van der Waals surface area contributed by atoms with Gasteiger partial charge in [-0.2, -0.15) is 0 Å². The number of hydrogen-bond donors (Lipinski definition) is 0. The van der Waals surface area contributed by atoms with Crippen LogP contribution in [0.1, 0.15) is 5.56 Å². The molecule has 1 aliphatic rings. The quantitative estimate of drug-likeness (QED) is 0.446. The number of halogens is 1. The number of thiazole rings is 1. The fourth-order valence-corrected chi connectivity index (χ4v) is 5.42.